The van der Waals surface area contributed by atoms with Crippen molar-refractivity contribution in [3.05, 3.63) is 27.8 Å². The molecule has 1 saturated carbocycles. The van der Waals surface area contributed by atoms with Gasteiger partial charge in [-0.2, -0.15) is 0 Å². The monoisotopic (exact) mass is 350 g/mol. The molecule has 3 aliphatic rings. The molecule has 128 valence electrons. The van der Waals surface area contributed by atoms with Crippen LogP contribution in [0.4, 0.5) is 5.69 Å². The summed E-state index contributed by atoms with van der Waals surface area (Å²) >= 11 is 1.46. The molecule has 2 fully saturated rings. The highest BCUT2D eigenvalue weighted by atomic mass is 32.2. The number of fused-ring (bicyclic) bond motifs is 1. The van der Waals surface area contributed by atoms with Gasteiger partial charge >= 0.3 is 0 Å². The number of carbonyl (C=O) groups is 1. The fourth-order valence-corrected chi connectivity index (χ4v) is 5.00. The molecule has 8 heteroatoms. The third-order valence-electron chi connectivity index (χ3n) is 4.86. The Morgan fingerprint density at radius 1 is 1.17 bits per heavy atom. The van der Waals surface area contributed by atoms with Crippen LogP contribution in [0.2, 0.25) is 0 Å². The van der Waals surface area contributed by atoms with Gasteiger partial charge in [0.1, 0.15) is 5.37 Å². The van der Waals surface area contributed by atoms with Crippen molar-refractivity contribution in [2.45, 2.75) is 43.5 Å². The summed E-state index contributed by atoms with van der Waals surface area (Å²) in [4.78, 5) is 25.5. The first kappa shape index (κ1) is 15.6. The number of hydrogen-bond acceptors (Lipinski definition) is 6. The molecule has 24 heavy (non-hydrogen) atoms. The van der Waals surface area contributed by atoms with E-state index in [-0.39, 0.29) is 29.8 Å². The van der Waals surface area contributed by atoms with Gasteiger partial charge in [-0.15, -0.1) is 11.8 Å². The normalized spacial score (nSPS) is 23.8. The van der Waals surface area contributed by atoms with E-state index in [0.29, 0.717) is 22.8 Å². The Labute approximate surface area is 143 Å². The lowest BCUT2D eigenvalue weighted by Crippen LogP contribution is -2.39. The van der Waals surface area contributed by atoms with E-state index in [1.165, 1.54) is 24.2 Å². The first-order chi connectivity index (χ1) is 11.6. The molecule has 4 rings (SSSR count). The maximum absolute atomic E-state index is 12.5. The molecule has 0 N–H and O–H groups in total. The topological polar surface area (TPSA) is 81.9 Å². The summed E-state index contributed by atoms with van der Waals surface area (Å²) < 4.78 is 10.6. The zero-order valence-electron chi connectivity index (χ0n) is 13.1. The molecule has 0 bridgehead atoms. The van der Waals surface area contributed by atoms with Crippen LogP contribution in [-0.2, 0) is 4.79 Å². The number of thioether (sulfide) groups is 1. The number of rotatable bonds is 3. The van der Waals surface area contributed by atoms with Crippen molar-refractivity contribution in [2.75, 3.05) is 12.5 Å². The van der Waals surface area contributed by atoms with Crippen LogP contribution in [-0.4, -0.2) is 34.3 Å². The van der Waals surface area contributed by atoms with E-state index in [2.05, 4.69) is 0 Å². The lowest BCUT2D eigenvalue weighted by molar-refractivity contribution is -0.385. The molecule has 1 atom stereocenters. The smallest absolute Gasteiger partial charge is 0.279 e. The van der Waals surface area contributed by atoms with Crippen LogP contribution in [0.15, 0.2) is 12.1 Å². The van der Waals surface area contributed by atoms with E-state index in [1.54, 1.807) is 6.07 Å². The predicted molar refractivity (Wildman–Crippen MR) is 88.1 cm³/mol. The second-order valence-electron chi connectivity index (χ2n) is 6.28. The summed E-state index contributed by atoms with van der Waals surface area (Å²) in [6.45, 7) is 0.0685. The second-order valence-corrected chi connectivity index (χ2v) is 7.35. The van der Waals surface area contributed by atoms with Crippen LogP contribution >= 0.6 is 11.8 Å². The minimum atomic E-state index is -0.403. The molecule has 0 aromatic heterocycles. The summed E-state index contributed by atoms with van der Waals surface area (Å²) in [7, 11) is 0. The molecule has 2 heterocycles. The Bertz CT molecular complexity index is 689. The van der Waals surface area contributed by atoms with Crippen molar-refractivity contribution in [1.29, 1.82) is 0 Å². The van der Waals surface area contributed by atoms with Crippen molar-refractivity contribution < 1.29 is 19.2 Å². The molecule has 1 unspecified atom stereocenters. The van der Waals surface area contributed by atoms with Crippen molar-refractivity contribution in [2.24, 2.45) is 0 Å². The SMILES string of the molecule is O=C1CSC(c2cc3c(cc2[N+](=O)[O-])OCO3)N1C1CCCCC1. The van der Waals surface area contributed by atoms with Gasteiger partial charge in [0.15, 0.2) is 11.5 Å². The molecule has 2 aliphatic heterocycles. The van der Waals surface area contributed by atoms with Crippen molar-refractivity contribution in [3.63, 3.8) is 0 Å². The average Bonchev–Trinajstić information content (AvgIpc) is 3.20. The van der Waals surface area contributed by atoms with Crippen LogP contribution in [0.3, 0.4) is 0 Å². The highest BCUT2D eigenvalue weighted by Gasteiger charge is 2.41. The molecule has 1 aromatic carbocycles. The van der Waals surface area contributed by atoms with Gasteiger partial charge in [-0.1, -0.05) is 19.3 Å². The summed E-state index contributed by atoms with van der Waals surface area (Å²) in [5.41, 5.74) is 0.526. The first-order valence-corrected chi connectivity index (χ1v) is 9.21. The molecule has 1 aliphatic carbocycles. The fraction of sp³-hybridized carbons (Fsp3) is 0.562. The van der Waals surface area contributed by atoms with Gasteiger partial charge in [0.25, 0.3) is 5.69 Å². The van der Waals surface area contributed by atoms with Crippen molar-refractivity contribution in [1.82, 2.24) is 4.90 Å². The van der Waals surface area contributed by atoms with Crippen LogP contribution < -0.4 is 9.47 Å². The zero-order valence-corrected chi connectivity index (χ0v) is 13.9. The van der Waals surface area contributed by atoms with Gasteiger partial charge in [-0.05, 0) is 18.9 Å². The largest absolute Gasteiger partial charge is 0.454 e. The van der Waals surface area contributed by atoms with E-state index in [0.717, 1.165) is 25.7 Å². The summed E-state index contributed by atoms with van der Waals surface area (Å²) in [5.74, 6) is 1.35. The Morgan fingerprint density at radius 3 is 2.58 bits per heavy atom. The van der Waals surface area contributed by atoms with Crippen LogP contribution in [0, 0.1) is 10.1 Å². The molecule has 1 aromatic rings. The lowest BCUT2D eigenvalue weighted by atomic mass is 9.93. The maximum Gasteiger partial charge on any atom is 0.279 e. The third-order valence-corrected chi connectivity index (χ3v) is 6.07. The van der Waals surface area contributed by atoms with E-state index in [4.69, 9.17) is 9.47 Å². The number of amides is 1. The van der Waals surface area contributed by atoms with Crippen LogP contribution in [0.1, 0.15) is 43.0 Å². The molecule has 1 amide bonds. The van der Waals surface area contributed by atoms with Crippen LogP contribution in [0.25, 0.3) is 0 Å². The third kappa shape index (κ3) is 2.58. The van der Waals surface area contributed by atoms with Gasteiger partial charge in [-0.3, -0.25) is 14.9 Å². The molecule has 0 spiro atoms. The number of benzene rings is 1. The highest BCUT2D eigenvalue weighted by Crippen LogP contribution is 2.49. The molecule has 0 radical (unpaired) electrons. The number of ether oxygens (including phenoxy) is 2. The standard InChI is InChI=1S/C16H18N2O5S/c19-15-8-24-16(17(15)10-4-2-1-3-5-10)11-6-13-14(23-9-22-13)7-12(11)18(20)21/h6-7,10,16H,1-5,8-9H2. The Balaban J connectivity index is 1.73. The van der Waals surface area contributed by atoms with Gasteiger partial charge in [0.2, 0.25) is 12.7 Å². The first-order valence-electron chi connectivity index (χ1n) is 8.16. The minimum absolute atomic E-state index is 0.00717. The molecular formula is C16H18N2O5S. The van der Waals surface area contributed by atoms with Gasteiger partial charge in [-0.25, -0.2) is 0 Å². The predicted octanol–water partition coefficient (Wildman–Crippen LogP) is 3.23. The fourth-order valence-electron chi connectivity index (χ4n) is 3.73. The van der Waals surface area contributed by atoms with Gasteiger partial charge in [0.05, 0.1) is 22.3 Å². The van der Waals surface area contributed by atoms with E-state index < -0.39 is 4.92 Å². The average molecular weight is 350 g/mol. The second kappa shape index (κ2) is 6.16. The number of hydrogen-bond donors (Lipinski definition) is 0. The van der Waals surface area contributed by atoms with Gasteiger partial charge in [0, 0.05) is 6.04 Å². The quantitative estimate of drug-likeness (QED) is 0.615. The Kier molecular flexibility index (Phi) is 3.99. The van der Waals surface area contributed by atoms with Crippen LogP contribution in [0.5, 0.6) is 11.5 Å². The lowest BCUT2D eigenvalue weighted by Gasteiger charge is -2.35. The Hall–Kier alpha value is -1.96. The van der Waals surface area contributed by atoms with E-state index in [1.807, 2.05) is 4.90 Å². The van der Waals surface area contributed by atoms with E-state index in [9.17, 15) is 14.9 Å². The summed E-state index contributed by atoms with van der Waals surface area (Å²) in [5, 5.41) is 11.2. The highest BCUT2D eigenvalue weighted by molar-refractivity contribution is 8.00. The number of nitro benzene ring substituents is 1. The van der Waals surface area contributed by atoms with E-state index >= 15 is 0 Å². The number of carbonyl (C=O) groups excluding carboxylic acids is 1. The number of nitro groups is 1. The summed E-state index contributed by atoms with van der Waals surface area (Å²) in [6.07, 6.45) is 5.35. The Morgan fingerprint density at radius 2 is 1.88 bits per heavy atom. The molecule has 1 saturated heterocycles. The molecular weight excluding hydrogens is 332 g/mol. The summed E-state index contributed by atoms with van der Waals surface area (Å²) in [6, 6.07) is 3.27. The molecule has 7 nitrogen and oxygen atoms in total. The zero-order chi connectivity index (χ0) is 16.7. The van der Waals surface area contributed by atoms with Crippen molar-refractivity contribution >= 4 is 23.4 Å². The maximum atomic E-state index is 12.5. The number of nitrogens with zero attached hydrogens (tertiary/aromatic N) is 2. The van der Waals surface area contributed by atoms with Gasteiger partial charge < -0.3 is 14.4 Å². The minimum Gasteiger partial charge on any atom is -0.454 e. The van der Waals surface area contributed by atoms with Crippen molar-refractivity contribution in [3.8, 4) is 11.5 Å².